The van der Waals surface area contributed by atoms with Crippen molar-refractivity contribution < 1.29 is 9.13 Å². The predicted octanol–water partition coefficient (Wildman–Crippen LogP) is 4.19. The highest BCUT2D eigenvalue weighted by Gasteiger charge is 2.31. The average Bonchev–Trinajstić information content (AvgIpc) is 2.79. The number of hydrogen-bond acceptors (Lipinski definition) is 9. The van der Waals surface area contributed by atoms with Gasteiger partial charge in [0.2, 0.25) is 5.96 Å². The molecular formula is C22H15BrClFN8O. The van der Waals surface area contributed by atoms with Crippen molar-refractivity contribution in [1.82, 2.24) is 10.3 Å². The van der Waals surface area contributed by atoms with Gasteiger partial charge in [0.1, 0.15) is 47.5 Å². The van der Waals surface area contributed by atoms with Crippen LogP contribution in [0, 0.1) is 28.6 Å². The highest BCUT2D eigenvalue weighted by atomic mass is 79.9. The lowest BCUT2D eigenvalue weighted by atomic mass is 9.94. The van der Waals surface area contributed by atoms with Crippen molar-refractivity contribution in [2.24, 2.45) is 4.99 Å². The number of ether oxygens (including phenoxy) is 1. The number of halogens is 3. The largest absolute Gasteiger partial charge is 0.488 e. The molecule has 0 saturated carbocycles. The predicted molar refractivity (Wildman–Crippen MR) is 129 cm³/mol. The van der Waals surface area contributed by atoms with E-state index in [1.807, 2.05) is 6.07 Å². The third-order valence-corrected chi connectivity index (χ3v) is 5.91. The molecule has 1 aromatic heterocycles. The second-order valence-corrected chi connectivity index (χ2v) is 8.40. The number of anilines is 3. The number of benzene rings is 2. The summed E-state index contributed by atoms with van der Waals surface area (Å²) in [5.74, 6) is 0.117. The number of rotatable bonds is 4. The number of aromatic nitrogens is 1. The Bertz CT molecular complexity index is 1400. The van der Waals surface area contributed by atoms with Crippen molar-refractivity contribution in [3.63, 3.8) is 0 Å². The summed E-state index contributed by atoms with van der Waals surface area (Å²) in [6.07, 6.45) is 1.79. The Morgan fingerprint density at radius 1 is 1.26 bits per heavy atom. The summed E-state index contributed by atoms with van der Waals surface area (Å²) in [7, 11) is 0. The van der Waals surface area contributed by atoms with Gasteiger partial charge in [-0.3, -0.25) is 5.32 Å². The fourth-order valence-electron chi connectivity index (χ4n) is 3.49. The molecule has 0 spiro atoms. The van der Waals surface area contributed by atoms with Crippen molar-refractivity contribution >= 4 is 50.8 Å². The van der Waals surface area contributed by atoms with Crippen LogP contribution in [-0.4, -0.2) is 10.9 Å². The lowest BCUT2D eigenvalue weighted by Crippen LogP contribution is -2.33. The third kappa shape index (κ3) is 4.27. The van der Waals surface area contributed by atoms with Gasteiger partial charge < -0.3 is 21.5 Å². The van der Waals surface area contributed by atoms with Crippen LogP contribution in [0.15, 0.2) is 45.9 Å². The van der Waals surface area contributed by atoms with Crippen molar-refractivity contribution in [3.05, 3.63) is 74.0 Å². The minimum atomic E-state index is -0.837. The monoisotopic (exact) mass is 540 g/mol. The van der Waals surface area contributed by atoms with Gasteiger partial charge in [-0.2, -0.15) is 10.5 Å². The standard InChI is InChI=1S/C22H15BrClFN8O/c23-10-4-5-16(34-8-13-14(24)2-1-3-15(13)25)11(6-10)19-17-18(28)12(7-26)20(29)32-21(17)33-22(31-19)30-9-27/h1-6,19H,8H2,(H6,28,29,30,31,32,33). The first-order chi connectivity index (χ1) is 16.3. The van der Waals surface area contributed by atoms with E-state index in [0.29, 0.717) is 21.3 Å². The fourth-order valence-corrected chi connectivity index (χ4v) is 4.09. The van der Waals surface area contributed by atoms with Crippen LogP contribution >= 0.6 is 27.5 Å². The Balaban J connectivity index is 1.85. The van der Waals surface area contributed by atoms with Gasteiger partial charge in [-0.05, 0) is 30.3 Å². The molecule has 0 aliphatic carbocycles. The molecule has 9 nitrogen and oxygen atoms in total. The number of nitriles is 2. The van der Waals surface area contributed by atoms with E-state index in [9.17, 15) is 9.65 Å². The van der Waals surface area contributed by atoms with Crippen LogP contribution in [0.4, 0.5) is 21.7 Å². The summed E-state index contributed by atoms with van der Waals surface area (Å²) in [4.78, 5) is 8.78. The molecule has 0 amide bonds. The summed E-state index contributed by atoms with van der Waals surface area (Å²) in [5, 5.41) is 24.1. The number of nitrogens with two attached hydrogens (primary N) is 2. The smallest absolute Gasteiger partial charge is 0.211 e. The van der Waals surface area contributed by atoms with Gasteiger partial charge in [0.05, 0.1) is 10.7 Å². The van der Waals surface area contributed by atoms with E-state index >= 15 is 0 Å². The number of fused-ring (bicyclic) bond motifs is 1. The van der Waals surface area contributed by atoms with Crippen LogP contribution in [-0.2, 0) is 6.61 Å². The Labute approximate surface area is 206 Å². The number of guanidine groups is 1. The first-order valence-corrected chi connectivity index (χ1v) is 10.8. The molecule has 0 fully saturated rings. The minimum Gasteiger partial charge on any atom is -0.488 e. The first-order valence-electron chi connectivity index (χ1n) is 9.68. The van der Waals surface area contributed by atoms with Gasteiger partial charge in [-0.1, -0.05) is 33.6 Å². The molecule has 2 heterocycles. The lowest BCUT2D eigenvalue weighted by Gasteiger charge is -2.27. The maximum absolute atomic E-state index is 14.3. The van der Waals surface area contributed by atoms with Gasteiger partial charge in [-0.15, -0.1) is 0 Å². The van der Waals surface area contributed by atoms with Gasteiger partial charge in [0, 0.05) is 21.2 Å². The summed E-state index contributed by atoms with van der Waals surface area (Å²) >= 11 is 9.57. The quantitative estimate of drug-likeness (QED) is 0.283. The number of pyridine rings is 1. The SMILES string of the molecule is N#CNC1=NC(c2cc(Br)ccc2OCc2c(F)cccc2Cl)c2c(nc(N)c(C#N)c2N)N1. The Morgan fingerprint density at radius 2 is 2.06 bits per heavy atom. The molecule has 1 atom stereocenters. The summed E-state index contributed by atoms with van der Waals surface area (Å²) in [6.45, 7) is -0.149. The summed E-state index contributed by atoms with van der Waals surface area (Å²) < 4.78 is 20.9. The zero-order valence-corrected chi connectivity index (χ0v) is 19.6. The van der Waals surface area contributed by atoms with Crippen LogP contribution in [0.3, 0.4) is 0 Å². The van der Waals surface area contributed by atoms with Crippen molar-refractivity contribution in [1.29, 1.82) is 10.5 Å². The van der Waals surface area contributed by atoms with Crippen LogP contribution < -0.4 is 26.8 Å². The zero-order chi connectivity index (χ0) is 24.4. The highest BCUT2D eigenvalue weighted by Crippen LogP contribution is 2.44. The van der Waals surface area contributed by atoms with E-state index in [1.165, 1.54) is 12.1 Å². The molecule has 170 valence electrons. The molecular weight excluding hydrogens is 527 g/mol. The first kappa shape index (κ1) is 23.1. The Kier molecular flexibility index (Phi) is 6.41. The fraction of sp³-hybridized carbons (Fsp3) is 0.0909. The van der Waals surface area contributed by atoms with E-state index in [1.54, 1.807) is 30.5 Å². The normalized spacial score (nSPS) is 14.1. The molecule has 3 aromatic rings. The van der Waals surface area contributed by atoms with Crippen LogP contribution in [0.1, 0.15) is 28.3 Å². The molecule has 0 bridgehead atoms. The van der Waals surface area contributed by atoms with Gasteiger partial charge in [0.15, 0.2) is 6.19 Å². The second kappa shape index (κ2) is 9.43. The Morgan fingerprint density at radius 3 is 2.76 bits per heavy atom. The van der Waals surface area contributed by atoms with E-state index in [2.05, 4.69) is 36.5 Å². The Hall–Kier alpha value is -4.06. The van der Waals surface area contributed by atoms with Gasteiger partial charge in [-0.25, -0.2) is 14.4 Å². The summed E-state index contributed by atoms with van der Waals surface area (Å²) in [6, 6.07) is 10.6. The van der Waals surface area contributed by atoms with E-state index < -0.39 is 11.9 Å². The molecule has 1 aliphatic heterocycles. The molecule has 0 radical (unpaired) electrons. The van der Waals surface area contributed by atoms with Crippen molar-refractivity contribution in [2.45, 2.75) is 12.6 Å². The van der Waals surface area contributed by atoms with Gasteiger partial charge >= 0.3 is 0 Å². The minimum absolute atomic E-state index is 0.00745. The molecule has 6 N–H and O–H groups in total. The number of nitrogens with one attached hydrogen (secondary N) is 2. The zero-order valence-electron chi connectivity index (χ0n) is 17.2. The maximum Gasteiger partial charge on any atom is 0.211 e. The molecule has 12 heteroatoms. The number of aliphatic imine (C=N–C) groups is 1. The average molecular weight is 542 g/mol. The summed E-state index contributed by atoms with van der Waals surface area (Å²) in [5.41, 5.74) is 13.4. The highest BCUT2D eigenvalue weighted by molar-refractivity contribution is 9.10. The van der Waals surface area contributed by atoms with Crippen molar-refractivity contribution in [2.75, 3.05) is 16.8 Å². The third-order valence-electron chi connectivity index (χ3n) is 5.06. The molecule has 0 saturated heterocycles. The molecule has 1 unspecified atom stereocenters. The van der Waals surface area contributed by atoms with E-state index in [0.717, 1.165) is 0 Å². The lowest BCUT2D eigenvalue weighted by molar-refractivity contribution is 0.296. The number of nitrogens with zero attached hydrogens (tertiary/aromatic N) is 4. The molecule has 2 aromatic carbocycles. The van der Waals surface area contributed by atoms with Crippen molar-refractivity contribution in [3.8, 4) is 18.0 Å². The number of hydrogen-bond donors (Lipinski definition) is 4. The molecule has 34 heavy (non-hydrogen) atoms. The molecule has 1 aliphatic rings. The number of nitrogen functional groups attached to an aromatic ring is 2. The van der Waals surface area contributed by atoms with E-state index in [-0.39, 0.29) is 46.0 Å². The van der Waals surface area contributed by atoms with Crippen LogP contribution in [0.2, 0.25) is 5.02 Å². The van der Waals surface area contributed by atoms with Gasteiger partial charge in [0.25, 0.3) is 0 Å². The maximum atomic E-state index is 14.3. The van der Waals surface area contributed by atoms with Crippen LogP contribution in [0.25, 0.3) is 0 Å². The topological polar surface area (TPSA) is 158 Å². The van der Waals surface area contributed by atoms with Crippen LogP contribution in [0.5, 0.6) is 5.75 Å². The second-order valence-electron chi connectivity index (χ2n) is 7.07. The van der Waals surface area contributed by atoms with E-state index in [4.69, 9.17) is 33.1 Å². The molecule has 4 rings (SSSR count).